The number of methoxy groups -OCH3 is 1. The lowest BCUT2D eigenvalue weighted by Gasteiger charge is -2.12. The Balaban J connectivity index is 0.00000300. The van der Waals surface area contributed by atoms with Crippen LogP contribution >= 0.6 is 35.3 Å². The summed E-state index contributed by atoms with van der Waals surface area (Å²) in [6, 6.07) is 12.2. The van der Waals surface area contributed by atoms with E-state index in [-0.39, 0.29) is 24.0 Å². The molecule has 2 N–H and O–H groups in total. The Bertz CT molecular complexity index is 935. The minimum atomic E-state index is 0. The molecule has 0 saturated heterocycles. The van der Waals surface area contributed by atoms with Crippen molar-refractivity contribution in [1.29, 1.82) is 0 Å². The van der Waals surface area contributed by atoms with Gasteiger partial charge in [0.15, 0.2) is 11.8 Å². The van der Waals surface area contributed by atoms with E-state index in [9.17, 15) is 0 Å². The molecule has 0 aliphatic carbocycles. The summed E-state index contributed by atoms with van der Waals surface area (Å²) in [5, 5.41) is 15.1. The maximum absolute atomic E-state index is 5.21. The Labute approximate surface area is 192 Å². The van der Waals surface area contributed by atoms with Crippen LogP contribution in [0.5, 0.6) is 5.75 Å². The molecule has 29 heavy (non-hydrogen) atoms. The molecule has 9 heteroatoms. The van der Waals surface area contributed by atoms with E-state index < -0.39 is 0 Å². The van der Waals surface area contributed by atoms with Gasteiger partial charge in [0.1, 0.15) is 11.6 Å². The molecule has 0 fully saturated rings. The summed E-state index contributed by atoms with van der Waals surface area (Å²) in [5.74, 6) is 3.33. The Morgan fingerprint density at radius 2 is 1.79 bits per heavy atom. The highest BCUT2D eigenvalue weighted by Gasteiger charge is 2.07. The van der Waals surface area contributed by atoms with E-state index in [2.05, 4.69) is 39.9 Å². The highest BCUT2D eigenvalue weighted by molar-refractivity contribution is 14.0. The third-order valence-corrected chi connectivity index (χ3v) is 5.40. The number of nitrogens with one attached hydrogen (secondary N) is 2. The number of nitrogens with zero attached hydrogens (tertiary/aromatic N) is 4. The maximum Gasteiger partial charge on any atom is 0.192 e. The molecule has 3 aromatic rings. The summed E-state index contributed by atoms with van der Waals surface area (Å²) in [4.78, 5) is 7.29. The molecule has 0 aliphatic rings. The van der Waals surface area contributed by atoms with Crippen LogP contribution in [0.4, 0.5) is 0 Å². The first-order valence-corrected chi connectivity index (χ1v) is 9.92. The lowest BCUT2D eigenvalue weighted by molar-refractivity contribution is 0.414. The van der Waals surface area contributed by atoms with E-state index in [1.807, 2.05) is 42.8 Å². The highest BCUT2D eigenvalue weighted by atomic mass is 127. The summed E-state index contributed by atoms with van der Waals surface area (Å²) in [5.41, 5.74) is 1.11. The van der Waals surface area contributed by atoms with E-state index in [0.29, 0.717) is 13.1 Å². The van der Waals surface area contributed by atoms with Gasteiger partial charge in [-0.1, -0.05) is 12.1 Å². The van der Waals surface area contributed by atoms with Gasteiger partial charge in [0.05, 0.1) is 26.7 Å². The van der Waals surface area contributed by atoms with Gasteiger partial charge in [0.25, 0.3) is 0 Å². The zero-order chi connectivity index (χ0) is 19.9. The van der Waals surface area contributed by atoms with Gasteiger partial charge in [-0.15, -0.1) is 45.5 Å². The quantitative estimate of drug-likeness (QED) is 0.280. The fourth-order valence-corrected chi connectivity index (χ4v) is 3.42. The van der Waals surface area contributed by atoms with Crippen LogP contribution < -0.4 is 15.4 Å². The molecule has 2 heterocycles. The van der Waals surface area contributed by atoms with Crippen LogP contribution in [-0.4, -0.2) is 27.8 Å². The Morgan fingerprint density at radius 3 is 2.38 bits per heavy atom. The Hall–Kier alpha value is -2.14. The van der Waals surface area contributed by atoms with Gasteiger partial charge in [-0.2, -0.15) is 0 Å². The van der Waals surface area contributed by atoms with E-state index in [1.54, 1.807) is 18.4 Å². The molecule has 0 amide bonds. The van der Waals surface area contributed by atoms with E-state index in [4.69, 9.17) is 9.73 Å². The zero-order valence-corrected chi connectivity index (χ0v) is 20.2. The lowest BCUT2D eigenvalue weighted by atomic mass is 10.2. The number of aryl methyl sites for hydroxylation is 2. The summed E-state index contributed by atoms with van der Waals surface area (Å²) >= 11 is 1.78. The molecule has 0 spiro atoms. The molecule has 0 aliphatic heterocycles. The first kappa shape index (κ1) is 23.1. The van der Waals surface area contributed by atoms with E-state index >= 15 is 0 Å². The number of rotatable bonds is 7. The molecule has 7 nitrogen and oxygen atoms in total. The maximum atomic E-state index is 5.21. The molecule has 156 valence electrons. The van der Waals surface area contributed by atoms with Crippen molar-refractivity contribution in [2.24, 2.45) is 12.0 Å². The smallest absolute Gasteiger partial charge is 0.192 e. The van der Waals surface area contributed by atoms with Crippen LogP contribution in [0.1, 0.15) is 27.0 Å². The number of thiophene rings is 1. The van der Waals surface area contributed by atoms with Crippen molar-refractivity contribution in [3.8, 4) is 5.75 Å². The summed E-state index contributed by atoms with van der Waals surface area (Å²) < 4.78 is 7.18. The Kier molecular flexibility index (Phi) is 8.90. The van der Waals surface area contributed by atoms with Gasteiger partial charge in [-0.25, -0.2) is 4.99 Å². The molecular formula is C20H27IN6OS. The van der Waals surface area contributed by atoms with Crippen LogP contribution in [0, 0.1) is 13.8 Å². The van der Waals surface area contributed by atoms with Crippen LogP contribution in [0.25, 0.3) is 0 Å². The molecule has 0 unspecified atom stereocenters. The molecule has 0 bridgehead atoms. The van der Waals surface area contributed by atoms with Gasteiger partial charge in [0, 0.05) is 16.8 Å². The normalized spacial score (nSPS) is 11.1. The van der Waals surface area contributed by atoms with Crippen molar-refractivity contribution >= 4 is 41.3 Å². The number of hydrogen-bond donors (Lipinski definition) is 2. The largest absolute Gasteiger partial charge is 0.497 e. The number of aromatic nitrogens is 3. The minimum absolute atomic E-state index is 0. The van der Waals surface area contributed by atoms with Crippen molar-refractivity contribution < 1.29 is 4.74 Å². The fourth-order valence-electron chi connectivity index (χ4n) is 2.59. The summed E-state index contributed by atoms with van der Waals surface area (Å²) in [7, 11) is 3.63. The van der Waals surface area contributed by atoms with Crippen LogP contribution in [-0.2, 0) is 26.7 Å². The molecule has 0 atom stereocenters. The predicted molar refractivity (Wildman–Crippen MR) is 128 cm³/mol. The Morgan fingerprint density at radius 1 is 1.07 bits per heavy atom. The lowest BCUT2D eigenvalue weighted by Crippen LogP contribution is -2.37. The van der Waals surface area contributed by atoms with E-state index in [0.717, 1.165) is 35.5 Å². The number of guanidine groups is 1. The number of benzene rings is 1. The second-order valence-corrected chi connectivity index (χ2v) is 7.83. The van der Waals surface area contributed by atoms with Crippen LogP contribution in [0.2, 0.25) is 0 Å². The summed E-state index contributed by atoms with van der Waals surface area (Å²) in [6.45, 7) is 5.90. The van der Waals surface area contributed by atoms with Crippen LogP contribution in [0.15, 0.2) is 41.4 Å². The molecule has 1 aromatic carbocycles. The number of aliphatic imine (C=N–C) groups is 1. The highest BCUT2D eigenvalue weighted by Crippen LogP contribution is 2.14. The van der Waals surface area contributed by atoms with Gasteiger partial charge in [-0.05, 0) is 43.7 Å². The van der Waals surface area contributed by atoms with Crippen molar-refractivity contribution in [3.05, 3.63) is 63.4 Å². The summed E-state index contributed by atoms with van der Waals surface area (Å²) in [6.07, 6.45) is 0. The van der Waals surface area contributed by atoms with Crippen molar-refractivity contribution in [2.45, 2.75) is 33.5 Å². The van der Waals surface area contributed by atoms with Gasteiger partial charge in [0.2, 0.25) is 0 Å². The number of hydrogen-bond acceptors (Lipinski definition) is 5. The van der Waals surface area contributed by atoms with E-state index in [1.165, 1.54) is 9.75 Å². The van der Waals surface area contributed by atoms with Crippen molar-refractivity contribution in [1.82, 2.24) is 25.4 Å². The number of halogens is 1. The monoisotopic (exact) mass is 526 g/mol. The molecular weight excluding hydrogens is 499 g/mol. The molecule has 3 rings (SSSR count). The first-order valence-electron chi connectivity index (χ1n) is 9.10. The molecule has 0 radical (unpaired) electrons. The van der Waals surface area contributed by atoms with Gasteiger partial charge < -0.3 is 19.9 Å². The standard InChI is InChI=1S/C20H26N6OS.HI/c1-14-5-10-18(28-14)12-22-20(23-13-19-25-24-15(2)26(19)3)21-11-16-6-8-17(27-4)9-7-16;/h5-10H,11-13H2,1-4H3,(H2,21,22,23);1H. The average Bonchev–Trinajstić information content (AvgIpc) is 3.27. The third kappa shape index (κ3) is 6.70. The predicted octanol–water partition coefficient (Wildman–Crippen LogP) is 3.56. The topological polar surface area (TPSA) is 76.4 Å². The molecule has 0 saturated carbocycles. The van der Waals surface area contributed by atoms with Crippen molar-refractivity contribution in [2.75, 3.05) is 7.11 Å². The second-order valence-electron chi connectivity index (χ2n) is 6.45. The molecule has 2 aromatic heterocycles. The second kappa shape index (κ2) is 11.1. The van der Waals surface area contributed by atoms with Gasteiger partial charge >= 0.3 is 0 Å². The fraction of sp³-hybridized carbons (Fsp3) is 0.350. The minimum Gasteiger partial charge on any atom is -0.497 e. The number of ether oxygens (including phenoxy) is 1. The van der Waals surface area contributed by atoms with Crippen LogP contribution in [0.3, 0.4) is 0 Å². The zero-order valence-electron chi connectivity index (χ0n) is 17.1. The van der Waals surface area contributed by atoms with Crippen molar-refractivity contribution in [3.63, 3.8) is 0 Å². The van der Waals surface area contributed by atoms with Gasteiger partial charge in [-0.3, -0.25) is 0 Å². The SMILES string of the molecule is COc1ccc(CN=C(NCc2ccc(C)s2)NCc2nnc(C)n2C)cc1.I. The third-order valence-electron chi connectivity index (χ3n) is 4.40. The average molecular weight is 526 g/mol. The first-order chi connectivity index (χ1) is 13.5.